The van der Waals surface area contributed by atoms with E-state index in [4.69, 9.17) is 9.47 Å². The van der Waals surface area contributed by atoms with E-state index in [-0.39, 0.29) is 0 Å². The molecule has 0 radical (unpaired) electrons. The first-order chi connectivity index (χ1) is 11.7. The van der Waals surface area contributed by atoms with Gasteiger partial charge < -0.3 is 14.0 Å². The Labute approximate surface area is 142 Å². The average molecular weight is 343 g/mol. The molecule has 0 spiro atoms. The van der Waals surface area contributed by atoms with Crippen molar-refractivity contribution in [2.24, 2.45) is 0 Å². The molecule has 1 aromatic carbocycles. The number of rotatable bonds is 4. The Morgan fingerprint density at radius 1 is 1.38 bits per heavy atom. The van der Waals surface area contributed by atoms with Crippen LogP contribution in [-0.4, -0.2) is 33.2 Å². The van der Waals surface area contributed by atoms with Gasteiger partial charge in [0.25, 0.3) is 0 Å². The van der Waals surface area contributed by atoms with E-state index in [2.05, 4.69) is 15.0 Å². The first kappa shape index (κ1) is 15.3. The number of nitrogens with zero attached hydrogens (tertiary/aromatic N) is 2. The first-order valence-corrected chi connectivity index (χ1v) is 9.08. The highest BCUT2D eigenvalue weighted by molar-refractivity contribution is 7.90. The Morgan fingerprint density at radius 2 is 2.29 bits per heavy atom. The summed E-state index contributed by atoms with van der Waals surface area (Å²) < 4.78 is 23.6. The fraction of sp³-hybridized carbons (Fsp3) is 0.294. The molecule has 0 saturated carbocycles. The molecule has 0 aliphatic carbocycles. The van der Waals surface area contributed by atoms with Gasteiger partial charge in [-0.3, -0.25) is 9.97 Å². The topological polar surface area (TPSA) is 83.1 Å². The third-order valence-corrected chi connectivity index (χ3v) is 5.24. The van der Waals surface area contributed by atoms with E-state index in [9.17, 15) is 4.55 Å². The molecule has 1 atom stereocenters. The largest absolute Gasteiger partial charge is 0.609 e. The normalized spacial score (nSPS) is 14.9. The number of imidazole rings is 1. The number of hydrogen-bond donors (Lipinski definition) is 1. The van der Waals surface area contributed by atoms with Gasteiger partial charge in [0.05, 0.1) is 30.4 Å². The minimum Gasteiger partial charge on any atom is -0.609 e. The first-order valence-electron chi connectivity index (χ1n) is 7.76. The molecule has 0 fully saturated rings. The minimum absolute atomic E-state index is 0.323. The summed E-state index contributed by atoms with van der Waals surface area (Å²) in [4.78, 5) is 12.0. The van der Waals surface area contributed by atoms with E-state index in [0.717, 1.165) is 53.2 Å². The Bertz CT molecular complexity index is 881. The summed E-state index contributed by atoms with van der Waals surface area (Å²) >= 11 is -1.30. The number of nitrogens with one attached hydrogen (secondary N) is 1. The number of methoxy groups -OCH3 is 1. The molecule has 2 aromatic heterocycles. The van der Waals surface area contributed by atoms with E-state index >= 15 is 0 Å². The van der Waals surface area contributed by atoms with E-state index in [1.54, 1.807) is 13.3 Å². The molecule has 7 heteroatoms. The van der Waals surface area contributed by atoms with Crippen molar-refractivity contribution in [2.75, 3.05) is 13.7 Å². The van der Waals surface area contributed by atoms with Crippen molar-refractivity contribution in [3.05, 3.63) is 41.7 Å². The molecular weight excluding hydrogens is 326 g/mol. The van der Waals surface area contributed by atoms with Gasteiger partial charge in [-0.05, 0) is 31.0 Å². The number of ether oxygens (including phenoxy) is 2. The summed E-state index contributed by atoms with van der Waals surface area (Å²) in [6.07, 6.45) is 3.58. The van der Waals surface area contributed by atoms with Crippen molar-refractivity contribution in [3.8, 4) is 11.5 Å². The summed E-state index contributed by atoms with van der Waals surface area (Å²) in [5, 5.41) is 0.453. The molecule has 24 heavy (non-hydrogen) atoms. The van der Waals surface area contributed by atoms with Crippen LogP contribution in [0, 0.1) is 0 Å². The lowest BCUT2D eigenvalue weighted by Gasteiger charge is -2.19. The van der Waals surface area contributed by atoms with Crippen LogP contribution < -0.4 is 9.47 Å². The van der Waals surface area contributed by atoms with Crippen molar-refractivity contribution < 1.29 is 14.0 Å². The lowest BCUT2D eigenvalue weighted by atomic mass is 10.1. The maximum absolute atomic E-state index is 12.7. The van der Waals surface area contributed by atoms with Gasteiger partial charge >= 0.3 is 5.16 Å². The van der Waals surface area contributed by atoms with Crippen molar-refractivity contribution in [2.45, 2.75) is 23.8 Å². The van der Waals surface area contributed by atoms with Crippen LogP contribution in [0.4, 0.5) is 0 Å². The molecule has 0 saturated heterocycles. The SMILES string of the molecule is COc1ccc2[nH]c([S+]([O-])Cc3nccc4c3CCCO4)nc2c1. The van der Waals surface area contributed by atoms with Gasteiger partial charge in [-0.2, -0.15) is 4.98 Å². The lowest BCUT2D eigenvalue weighted by Crippen LogP contribution is -2.15. The molecule has 1 aliphatic heterocycles. The average Bonchev–Trinajstić information content (AvgIpc) is 3.05. The number of hydrogen-bond acceptors (Lipinski definition) is 5. The maximum atomic E-state index is 12.7. The van der Waals surface area contributed by atoms with E-state index in [0.29, 0.717) is 10.9 Å². The van der Waals surface area contributed by atoms with Gasteiger partial charge in [-0.15, -0.1) is 0 Å². The molecule has 1 aliphatic rings. The number of fused-ring (bicyclic) bond motifs is 2. The van der Waals surface area contributed by atoms with Gasteiger partial charge in [0.2, 0.25) is 0 Å². The Hall–Kier alpha value is -2.25. The predicted molar refractivity (Wildman–Crippen MR) is 90.8 cm³/mol. The molecule has 0 bridgehead atoms. The third kappa shape index (κ3) is 2.81. The van der Waals surface area contributed by atoms with Crippen LogP contribution in [0.5, 0.6) is 11.5 Å². The second-order valence-electron chi connectivity index (χ2n) is 5.60. The highest BCUT2D eigenvalue weighted by Gasteiger charge is 2.23. The van der Waals surface area contributed by atoms with Gasteiger partial charge in [0, 0.05) is 29.0 Å². The summed E-state index contributed by atoms with van der Waals surface area (Å²) in [5.74, 6) is 1.91. The predicted octanol–water partition coefficient (Wildman–Crippen LogP) is 2.60. The molecule has 3 aromatic rings. The van der Waals surface area contributed by atoms with Gasteiger partial charge in [-0.25, -0.2) is 0 Å². The number of pyridine rings is 1. The molecular formula is C17H17N3O3S. The smallest absolute Gasteiger partial charge is 0.322 e. The Morgan fingerprint density at radius 3 is 3.17 bits per heavy atom. The molecule has 1 N–H and O–H groups in total. The minimum atomic E-state index is -1.30. The highest BCUT2D eigenvalue weighted by atomic mass is 32.2. The zero-order chi connectivity index (χ0) is 16.5. The van der Waals surface area contributed by atoms with Crippen LogP contribution in [0.15, 0.2) is 35.6 Å². The van der Waals surface area contributed by atoms with Crippen LogP contribution in [0.25, 0.3) is 11.0 Å². The van der Waals surface area contributed by atoms with Crippen LogP contribution in [0.3, 0.4) is 0 Å². The number of benzene rings is 1. The molecule has 124 valence electrons. The van der Waals surface area contributed by atoms with Crippen molar-refractivity contribution >= 4 is 22.2 Å². The van der Waals surface area contributed by atoms with Crippen LogP contribution >= 0.6 is 0 Å². The number of aromatic amines is 1. The Balaban J connectivity index is 1.61. The second-order valence-corrected chi connectivity index (χ2v) is 6.97. The highest BCUT2D eigenvalue weighted by Crippen LogP contribution is 2.29. The quantitative estimate of drug-likeness (QED) is 0.736. The molecule has 6 nitrogen and oxygen atoms in total. The molecule has 4 rings (SSSR count). The van der Waals surface area contributed by atoms with Crippen LogP contribution in [-0.2, 0) is 23.3 Å². The zero-order valence-electron chi connectivity index (χ0n) is 13.2. The second kappa shape index (κ2) is 6.33. The van der Waals surface area contributed by atoms with E-state index in [1.165, 1.54) is 0 Å². The van der Waals surface area contributed by atoms with Crippen molar-refractivity contribution in [3.63, 3.8) is 0 Å². The summed E-state index contributed by atoms with van der Waals surface area (Å²) in [6.45, 7) is 0.727. The maximum Gasteiger partial charge on any atom is 0.322 e. The van der Waals surface area contributed by atoms with E-state index < -0.39 is 11.2 Å². The summed E-state index contributed by atoms with van der Waals surface area (Å²) in [7, 11) is 1.61. The zero-order valence-corrected chi connectivity index (χ0v) is 14.1. The van der Waals surface area contributed by atoms with Crippen LogP contribution in [0.1, 0.15) is 17.7 Å². The standard InChI is InChI=1S/C17H17N3O3S/c1-22-11-4-5-13-14(9-11)20-17(19-13)24(21)10-15-12-3-2-8-23-16(12)6-7-18-15/h4-7,9H,2-3,8,10H2,1H3,(H,19,20). The van der Waals surface area contributed by atoms with Crippen molar-refractivity contribution in [1.29, 1.82) is 0 Å². The molecule has 3 heterocycles. The number of aromatic nitrogens is 3. The third-order valence-electron chi connectivity index (χ3n) is 4.08. The summed E-state index contributed by atoms with van der Waals surface area (Å²) in [6, 6.07) is 7.41. The fourth-order valence-electron chi connectivity index (χ4n) is 2.86. The molecule has 0 amide bonds. The molecule has 1 unspecified atom stereocenters. The Kier molecular flexibility index (Phi) is 4.03. The fourth-order valence-corrected chi connectivity index (χ4v) is 3.92. The van der Waals surface area contributed by atoms with Crippen molar-refractivity contribution in [1.82, 2.24) is 15.0 Å². The van der Waals surface area contributed by atoms with Gasteiger partial charge in [0.15, 0.2) is 5.75 Å². The van der Waals surface area contributed by atoms with E-state index in [1.807, 2.05) is 24.3 Å². The monoisotopic (exact) mass is 343 g/mol. The van der Waals surface area contributed by atoms with Gasteiger partial charge in [0.1, 0.15) is 11.5 Å². The van der Waals surface area contributed by atoms with Crippen LogP contribution in [0.2, 0.25) is 0 Å². The lowest BCUT2D eigenvalue weighted by molar-refractivity contribution is 0.287. The number of H-pyrrole nitrogens is 1. The summed E-state index contributed by atoms with van der Waals surface area (Å²) in [5.41, 5.74) is 3.47. The van der Waals surface area contributed by atoms with Gasteiger partial charge in [-0.1, -0.05) is 0 Å².